The number of ether oxygens (including phenoxy) is 1. The summed E-state index contributed by atoms with van der Waals surface area (Å²) in [5.41, 5.74) is 0.190. The van der Waals surface area contributed by atoms with Crippen molar-refractivity contribution in [3.63, 3.8) is 0 Å². The zero-order valence-electron chi connectivity index (χ0n) is 10.7. The molecule has 2 aromatic carbocycles. The van der Waals surface area contributed by atoms with Crippen LogP contribution in [0.15, 0.2) is 42.7 Å². The maximum atomic E-state index is 13.8. The molecule has 0 bridgehead atoms. The molecule has 0 saturated heterocycles. The van der Waals surface area contributed by atoms with Gasteiger partial charge in [0, 0.05) is 0 Å². The van der Waals surface area contributed by atoms with Gasteiger partial charge in [-0.1, -0.05) is 24.3 Å². The Morgan fingerprint density at radius 2 is 1.80 bits per heavy atom. The highest BCUT2D eigenvalue weighted by Crippen LogP contribution is 2.34. The summed E-state index contributed by atoms with van der Waals surface area (Å²) in [6.07, 6.45) is 1.21. The lowest BCUT2D eigenvalue weighted by Crippen LogP contribution is -1.97. The second-order valence-electron chi connectivity index (χ2n) is 4.35. The van der Waals surface area contributed by atoms with Crippen molar-refractivity contribution in [2.24, 2.45) is 0 Å². The molecule has 0 aliphatic heterocycles. The van der Waals surface area contributed by atoms with Gasteiger partial charge < -0.3 is 9.84 Å². The van der Waals surface area contributed by atoms with Gasteiger partial charge in [0.15, 0.2) is 11.5 Å². The van der Waals surface area contributed by atoms with Crippen LogP contribution in [0, 0.1) is 12.7 Å². The molecule has 100 valence electrons. The van der Waals surface area contributed by atoms with Crippen molar-refractivity contribution in [2.45, 2.75) is 6.92 Å². The quantitative estimate of drug-likeness (QED) is 0.773. The molecule has 0 amide bonds. The summed E-state index contributed by atoms with van der Waals surface area (Å²) in [6, 6.07) is 10.7. The minimum atomic E-state index is -0.639. The van der Waals surface area contributed by atoms with Crippen molar-refractivity contribution in [1.82, 2.24) is 9.97 Å². The van der Waals surface area contributed by atoms with E-state index in [1.165, 1.54) is 13.3 Å². The number of hydrogen-bond donors (Lipinski definition) is 1. The summed E-state index contributed by atoms with van der Waals surface area (Å²) < 4.78 is 19.2. The molecule has 0 unspecified atom stereocenters. The third kappa shape index (κ3) is 2.14. The molecule has 0 aliphatic rings. The van der Waals surface area contributed by atoms with E-state index in [4.69, 9.17) is 4.74 Å². The molecule has 0 fully saturated rings. The molecule has 1 heterocycles. The van der Waals surface area contributed by atoms with Crippen molar-refractivity contribution in [2.75, 3.05) is 0 Å². The summed E-state index contributed by atoms with van der Waals surface area (Å²) in [4.78, 5) is 7.46. The monoisotopic (exact) mass is 270 g/mol. The highest BCUT2D eigenvalue weighted by Gasteiger charge is 2.13. The summed E-state index contributed by atoms with van der Waals surface area (Å²) in [6.45, 7) is 1.52. The lowest BCUT2D eigenvalue weighted by molar-refractivity contribution is 0.382. The van der Waals surface area contributed by atoms with Crippen molar-refractivity contribution in [3.8, 4) is 17.4 Å². The first kappa shape index (κ1) is 12.3. The van der Waals surface area contributed by atoms with E-state index in [1.807, 2.05) is 24.3 Å². The van der Waals surface area contributed by atoms with E-state index in [0.717, 1.165) is 10.8 Å². The normalized spacial score (nSPS) is 10.7. The molecule has 0 atom stereocenters. The first-order valence-corrected chi connectivity index (χ1v) is 6.02. The largest absolute Gasteiger partial charge is 0.504 e. The van der Waals surface area contributed by atoms with Gasteiger partial charge in [-0.05, 0) is 29.8 Å². The van der Waals surface area contributed by atoms with E-state index in [1.54, 1.807) is 12.1 Å². The highest BCUT2D eigenvalue weighted by atomic mass is 19.1. The second-order valence-corrected chi connectivity index (χ2v) is 4.35. The molecule has 4 nitrogen and oxygen atoms in total. The fourth-order valence-electron chi connectivity index (χ4n) is 1.90. The average Bonchev–Trinajstić information content (AvgIpc) is 2.44. The molecule has 0 radical (unpaired) electrons. The molecular formula is C15H11FN2O2. The van der Waals surface area contributed by atoms with Crippen LogP contribution in [0.2, 0.25) is 0 Å². The van der Waals surface area contributed by atoms with Gasteiger partial charge in [0.05, 0.1) is 5.69 Å². The van der Waals surface area contributed by atoms with Crippen molar-refractivity contribution >= 4 is 10.8 Å². The van der Waals surface area contributed by atoms with Gasteiger partial charge in [-0.2, -0.15) is 9.37 Å². The molecule has 1 N–H and O–H groups in total. The number of aromatic hydroxyl groups is 1. The number of aryl methyl sites for hydroxylation is 1. The Morgan fingerprint density at radius 1 is 1.10 bits per heavy atom. The van der Waals surface area contributed by atoms with Gasteiger partial charge in [0.2, 0.25) is 5.82 Å². The third-order valence-electron chi connectivity index (χ3n) is 2.97. The number of phenols is 1. The molecule has 0 aliphatic carbocycles. The van der Waals surface area contributed by atoms with Crippen LogP contribution in [-0.4, -0.2) is 15.1 Å². The highest BCUT2D eigenvalue weighted by molar-refractivity contribution is 5.85. The Morgan fingerprint density at radius 3 is 2.55 bits per heavy atom. The topological polar surface area (TPSA) is 55.2 Å². The van der Waals surface area contributed by atoms with Crippen LogP contribution in [0.1, 0.15) is 5.69 Å². The van der Waals surface area contributed by atoms with Crippen LogP contribution in [-0.2, 0) is 0 Å². The molecule has 1 aromatic heterocycles. The third-order valence-corrected chi connectivity index (χ3v) is 2.97. The van der Waals surface area contributed by atoms with Crippen LogP contribution >= 0.6 is 0 Å². The standard InChI is InChI=1S/C15H11FN2O2/c1-9-14(16)15(18-8-17-9)20-13-7-11-5-3-2-4-10(11)6-12(13)19/h2-8,19H,1H3. The molecular weight excluding hydrogens is 259 g/mol. The lowest BCUT2D eigenvalue weighted by Gasteiger charge is -2.09. The summed E-state index contributed by atoms with van der Waals surface area (Å²) >= 11 is 0. The maximum absolute atomic E-state index is 13.8. The summed E-state index contributed by atoms with van der Waals surface area (Å²) in [5, 5.41) is 11.7. The number of halogens is 1. The van der Waals surface area contributed by atoms with E-state index in [0.29, 0.717) is 0 Å². The van der Waals surface area contributed by atoms with Gasteiger partial charge in [0.25, 0.3) is 5.88 Å². The maximum Gasteiger partial charge on any atom is 0.259 e. The van der Waals surface area contributed by atoms with Crippen molar-refractivity contribution in [1.29, 1.82) is 0 Å². The number of aromatic nitrogens is 2. The van der Waals surface area contributed by atoms with Gasteiger partial charge in [0.1, 0.15) is 6.33 Å². The fourth-order valence-corrected chi connectivity index (χ4v) is 1.90. The zero-order chi connectivity index (χ0) is 14.1. The number of nitrogens with zero attached hydrogens (tertiary/aromatic N) is 2. The minimum Gasteiger partial charge on any atom is -0.504 e. The molecule has 3 rings (SSSR count). The molecule has 3 aromatic rings. The van der Waals surface area contributed by atoms with Gasteiger partial charge in [-0.25, -0.2) is 4.98 Å². The number of hydrogen-bond acceptors (Lipinski definition) is 4. The predicted octanol–water partition coefficient (Wildman–Crippen LogP) is 3.58. The molecule has 0 saturated carbocycles. The number of rotatable bonds is 2. The van der Waals surface area contributed by atoms with Crippen LogP contribution in [0.25, 0.3) is 10.8 Å². The number of phenolic OH excluding ortho intramolecular Hbond substituents is 1. The van der Waals surface area contributed by atoms with E-state index in [-0.39, 0.29) is 23.1 Å². The van der Waals surface area contributed by atoms with Crippen LogP contribution in [0.5, 0.6) is 17.4 Å². The Balaban J connectivity index is 2.06. The van der Waals surface area contributed by atoms with Crippen molar-refractivity contribution < 1.29 is 14.2 Å². The predicted molar refractivity (Wildman–Crippen MR) is 72.4 cm³/mol. The lowest BCUT2D eigenvalue weighted by atomic mass is 10.1. The number of benzene rings is 2. The Hall–Kier alpha value is -2.69. The average molecular weight is 270 g/mol. The molecule has 20 heavy (non-hydrogen) atoms. The fraction of sp³-hybridized carbons (Fsp3) is 0.0667. The molecule has 0 spiro atoms. The van der Waals surface area contributed by atoms with Crippen molar-refractivity contribution in [3.05, 3.63) is 54.2 Å². The van der Waals surface area contributed by atoms with Gasteiger partial charge >= 0.3 is 0 Å². The van der Waals surface area contributed by atoms with Gasteiger partial charge in [-0.15, -0.1) is 0 Å². The zero-order valence-corrected chi connectivity index (χ0v) is 10.7. The minimum absolute atomic E-state index is 0.0700. The Kier molecular flexibility index (Phi) is 2.95. The second kappa shape index (κ2) is 4.77. The van der Waals surface area contributed by atoms with E-state index >= 15 is 0 Å². The Bertz CT molecular complexity index is 790. The Labute approximate surface area is 114 Å². The van der Waals surface area contributed by atoms with Crippen LogP contribution in [0.3, 0.4) is 0 Å². The van der Waals surface area contributed by atoms with E-state index in [9.17, 15) is 9.50 Å². The van der Waals surface area contributed by atoms with Crippen LogP contribution in [0.4, 0.5) is 4.39 Å². The van der Waals surface area contributed by atoms with E-state index in [2.05, 4.69) is 9.97 Å². The summed E-state index contributed by atoms with van der Waals surface area (Å²) in [5.74, 6) is -0.761. The molecule has 5 heteroatoms. The first-order valence-electron chi connectivity index (χ1n) is 6.02. The van der Waals surface area contributed by atoms with Gasteiger partial charge in [-0.3, -0.25) is 0 Å². The van der Waals surface area contributed by atoms with Crippen LogP contribution < -0.4 is 4.74 Å². The van der Waals surface area contributed by atoms with E-state index < -0.39 is 5.82 Å². The SMILES string of the molecule is Cc1ncnc(Oc2cc3ccccc3cc2O)c1F. The number of fused-ring (bicyclic) bond motifs is 1. The first-order chi connectivity index (χ1) is 9.65. The summed E-state index contributed by atoms with van der Waals surface area (Å²) in [7, 11) is 0. The smallest absolute Gasteiger partial charge is 0.259 e.